The van der Waals surface area contributed by atoms with Crippen molar-refractivity contribution in [2.45, 2.75) is 46.1 Å². The molecule has 0 aliphatic carbocycles. The molecular weight excluding hydrogens is 248 g/mol. The van der Waals surface area contributed by atoms with E-state index in [2.05, 4.69) is 18.8 Å². The lowest BCUT2D eigenvalue weighted by atomic mass is 10.0. The molecule has 0 fully saturated rings. The van der Waals surface area contributed by atoms with Crippen LogP contribution in [0.1, 0.15) is 56.5 Å². The fourth-order valence-corrected chi connectivity index (χ4v) is 1.94. The predicted octanol–water partition coefficient (Wildman–Crippen LogP) is 3.71. The molecular formula is C14H21ClN2O. The summed E-state index contributed by atoms with van der Waals surface area (Å²) in [6, 6.07) is 7.63. The molecule has 0 heterocycles. The van der Waals surface area contributed by atoms with Crippen LogP contribution in [0.15, 0.2) is 24.3 Å². The van der Waals surface area contributed by atoms with Crippen molar-refractivity contribution in [1.29, 1.82) is 0 Å². The van der Waals surface area contributed by atoms with Gasteiger partial charge in [-0.2, -0.15) is 0 Å². The van der Waals surface area contributed by atoms with E-state index in [1.54, 1.807) is 0 Å². The number of hydrogen-bond donors (Lipinski definition) is 1. The lowest BCUT2D eigenvalue weighted by Gasteiger charge is -2.33. The summed E-state index contributed by atoms with van der Waals surface area (Å²) in [6.45, 7) is 10.0. The minimum atomic E-state index is -0.379. The Balaban J connectivity index is 2.96. The van der Waals surface area contributed by atoms with Crippen molar-refractivity contribution >= 4 is 17.7 Å². The van der Waals surface area contributed by atoms with Crippen LogP contribution in [0.5, 0.6) is 0 Å². The molecule has 0 radical (unpaired) electrons. The zero-order valence-corrected chi connectivity index (χ0v) is 12.4. The molecule has 0 spiro atoms. The highest BCUT2D eigenvalue weighted by molar-refractivity contribution is 6.14. The van der Waals surface area contributed by atoms with Gasteiger partial charge in [0, 0.05) is 5.56 Å². The van der Waals surface area contributed by atoms with Gasteiger partial charge in [0.2, 0.25) is 0 Å². The molecule has 0 aliphatic rings. The summed E-state index contributed by atoms with van der Waals surface area (Å²) >= 11 is 5.63. The SMILES string of the molecule is CC(C)c1ccc(C(=O)N(NCl)C(C)(C)C)cc1. The Morgan fingerprint density at radius 3 is 2.06 bits per heavy atom. The van der Waals surface area contributed by atoms with Gasteiger partial charge in [-0.1, -0.05) is 26.0 Å². The van der Waals surface area contributed by atoms with Crippen LogP contribution >= 0.6 is 11.8 Å². The average molecular weight is 269 g/mol. The van der Waals surface area contributed by atoms with Crippen LogP contribution in [0.2, 0.25) is 0 Å². The van der Waals surface area contributed by atoms with Crippen LogP contribution in [-0.2, 0) is 0 Å². The fraction of sp³-hybridized carbons (Fsp3) is 0.500. The molecule has 1 N–H and O–H groups in total. The van der Waals surface area contributed by atoms with E-state index >= 15 is 0 Å². The molecule has 1 rings (SSSR count). The van der Waals surface area contributed by atoms with Gasteiger partial charge in [0.25, 0.3) is 5.91 Å². The highest BCUT2D eigenvalue weighted by atomic mass is 35.5. The van der Waals surface area contributed by atoms with Crippen molar-refractivity contribution < 1.29 is 4.79 Å². The first-order valence-electron chi connectivity index (χ1n) is 6.08. The van der Waals surface area contributed by atoms with Crippen molar-refractivity contribution in [1.82, 2.24) is 9.95 Å². The van der Waals surface area contributed by atoms with E-state index < -0.39 is 0 Å². The second-order valence-corrected chi connectivity index (χ2v) is 5.84. The van der Waals surface area contributed by atoms with Gasteiger partial charge < -0.3 is 0 Å². The summed E-state index contributed by atoms with van der Waals surface area (Å²) in [5.41, 5.74) is 1.46. The van der Waals surface area contributed by atoms with Crippen LogP contribution in [0.4, 0.5) is 0 Å². The van der Waals surface area contributed by atoms with Crippen LogP contribution in [0.3, 0.4) is 0 Å². The molecule has 0 saturated carbocycles. The van der Waals surface area contributed by atoms with Crippen LogP contribution in [0.25, 0.3) is 0 Å². The Morgan fingerprint density at radius 1 is 1.22 bits per heavy atom. The predicted molar refractivity (Wildman–Crippen MR) is 75.4 cm³/mol. The quantitative estimate of drug-likeness (QED) is 0.670. The molecule has 0 saturated heterocycles. The normalized spacial score (nSPS) is 11.7. The zero-order chi connectivity index (χ0) is 13.9. The van der Waals surface area contributed by atoms with E-state index in [1.807, 2.05) is 45.0 Å². The van der Waals surface area contributed by atoms with Gasteiger partial charge in [0.15, 0.2) is 0 Å². The Morgan fingerprint density at radius 2 is 1.72 bits per heavy atom. The second kappa shape index (κ2) is 5.72. The van der Waals surface area contributed by atoms with Crippen LogP contribution in [0, 0.1) is 0 Å². The summed E-state index contributed by atoms with van der Waals surface area (Å²) in [5.74, 6) is 0.326. The molecule has 1 aromatic carbocycles. The Hall–Kier alpha value is -1.06. The second-order valence-electron chi connectivity index (χ2n) is 5.67. The molecule has 3 nitrogen and oxygen atoms in total. The zero-order valence-electron chi connectivity index (χ0n) is 11.6. The van der Waals surface area contributed by atoms with Crippen molar-refractivity contribution in [2.75, 3.05) is 0 Å². The number of nitrogens with zero attached hydrogens (tertiary/aromatic N) is 1. The van der Waals surface area contributed by atoms with Gasteiger partial charge in [-0.15, -0.1) is 4.94 Å². The highest BCUT2D eigenvalue weighted by Crippen LogP contribution is 2.18. The third-order valence-corrected chi connectivity index (χ3v) is 2.95. The van der Waals surface area contributed by atoms with E-state index in [1.165, 1.54) is 10.6 Å². The minimum absolute atomic E-state index is 0.132. The number of hydrogen-bond acceptors (Lipinski definition) is 2. The van der Waals surface area contributed by atoms with Gasteiger partial charge in [-0.3, -0.25) is 9.80 Å². The molecule has 0 bridgehead atoms. The number of hydrazine groups is 1. The third-order valence-electron chi connectivity index (χ3n) is 2.78. The summed E-state index contributed by atoms with van der Waals surface area (Å²) < 4.78 is 0. The van der Waals surface area contributed by atoms with E-state index in [9.17, 15) is 4.79 Å². The van der Waals surface area contributed by atoms with Crippen molar-refractivity contribution in [3.05, 3.63) is 35.4 Å². The van der Waals surface area contributed by atoms with Crippen LogP contribution in [-0.4, -0.2) is 16.5 Å². The Bertz CT molecular complexity index is 407. The number of nitrogens with one attached hydrogen (secondary N) is 1. The first kappa shape index (κ1) is 15.0. The fourth-order valence-electron chi connectivity index (χ4n) is 1.61. The molecule has 1 aromatic rings. The topological polar surface area (TPSA) is 32.3 Å². The third kappa shape index (κ3) is 3.47. The highest BCUT2D eigenvalue weighted by Gasteiger charge is 2.27. The first-order chi connectivity index (χ1) is 8.27. The van der Waals surface area contributed by atoms with E-state index in [0.29, 0.717) is 11.5 Å². The molecule has 0 aromatic heterocycles. The molecule has 4 heteroatoms. The number of rotatable bonds is 3. The first-order valence-corrected chi connectivity index (χ1v) is 6.46. The average Bonchev–Trinajstić information content (AvgIpc) is 2.28. The van der Waals surface area contributed by atoms with Crippen LogP contribution < -0.4 is 4.94 Å². The number of amides is 1. The smallest absolute Gasteiger partial charge is 0.268 e. The largest absolute Gasteiger partial charge is 0.269 e. The minimum Gasteiger partial charge on any atom is -0.268 e. The number of carbonyl (C=O) groups is 1. The molecule has 0 unspecified atom stereocenters. The van der Waals surface area contributed by atoms with E-state index in [0.717, 1.165) is 0 Å². The van der Waals surface area contributed by atoms with Crippen molar-refractivity contribution in [2.24, 2.45) is 0 Å². The molecule has 0 aliphatic heterocycles. The van der Waals surface area contributed by atoms with Crippen molar-refractivity contribution in [3.63, 3.8) is 0 Å². The van der Waals surface area contributed by atoms with E-state index in [-0.39, 0.29) is 11.4 Å². The lowest BCUT2D eigenvalue weighted by Crippen LogP contribution is -2.50. The maximum Gasteiger partial charge on any atom is 0.269 e. The number of carbonyl (C=O) groups excluding carboxylic acids is 1. The summed E-state index contributed by atoms with van der Waals surface area (Å²) in [7, 11) is 0. The van der Waals surface area contributed by atoms with Gasteiger partial charge in [0.1, 0.15) is 0 Å². The molecule has 1 amide bonds. The maximum atomic E-state index is 12.3. The van der Waals surface area contributed by atoms with Gasteiger partial charge in [0.05, 0.1) is 5.54 Å². The molecule has 100 valence electrons. The monoisotopic (exact) mass is 268 g/mol. The molecule has 0 atom stereocenters. The maximum absolute atomic E-state index is 12.3. The Labute approximate surface area is 114 Å². The summed E-state index contributed by atoms with van der Waals surface area (Å²) in [6.07, 6.45) is 0. The van der Waals surface area contributed by atoms with E-state index in [4.69, 9.17) is 11.8 Å². The van der Waals surface area contributed by atoms with Gasteiger partial charge >= 0.3 is 0 Å². The van der Waals surface area contributed by atoms with Gasteiger partial charge in [-0.25, -0.2) is 0 Å². The standard InChI is InChI=1S/C14H21ClN2O/c1-10(2)11-6-8-12(9-7-11)13(18)17(16-15)14(3,4)5/h6-10,16H,1-5H3. The van der Waals surface area contributed by atoms with Crippen molar-refractivity contribution in [3.8, 4) is 0 Å². The summed E-state index contributed by atoms with van der Waals surface area (Å²) in [5, 5.41) is 1.42. The number of benzene rings is 1. The number of halogens is 1. The summed E-state index contributed by atoms with van der Waals surface area (Å²) in [4.78, 5) is 14.7. The molecule has 18 heavy (non-hydrogen) atoms. The van der Waals surface area contributed by atoms with Gasteiger partial charge in [-0.05, 0) is 56.2 Å². The lowest BCUT2D eigenvalue weighted by molar-refractivity contribution is 0.0515. The Kier molecular flexibility index (Phi) is 4.77.